The minimum absolute atomic E-state index is 0.113. The highest BCUT2D eigenvalue weighted by Crippen LogP contribution is 2.42. The summed E-state index contributed by atoms with van der Waals surface area (Å²) in [4.78, 5) is 0. The molecule has 0 saturated carbocycles. The summed E-state index contributed by atoms with van der Waals surface area (Å²) in [6, 6.07) is 7.81. The zero-order chi connectivity index (χ0) is 14.5. The lowest BCUT2D eigenvalue weighted by molar-refractivity contribution is 0.0987. The summed E-state index contributed by atoms with van der Waals surface area (Å²) < 4.78 is 3.11. The molecule has 1 aliphatic rings. The topological polar surface area (TPSA) is 25.2 Å². The number of hydrogen-bond acceptors (Lipinski definition) is 1. The number of benzene rings is 1. The van der Waals surface area contributed by atoms with Crippen LogP contribution in [-0.4, -0.2) is 9.67 Å². The van der Waals surface area contributed by atoms with E-state index in [9.17, 15) is 5.11 Å². The predicted molar refractivity (Wildman–Crippen MR) is 85.5 cm³/mol. The molecule has 0 radical (unpaired) electrons. The number of aliphatic hydroxyl groups excluding tert-OH is 1. The summed E-state index contributed by atoms with van der Waals surface area (Å²) in [6.07, 6.45) is 3.43. The molecule has 1 aromatic heterocycles. The highest BCUT2D eigenvalue weighted by molar-refractivity contribution is 9.10. The Balaban J connectivity index is 2.13. The third kappa shape index (κ3) is 2.43. The second-order valence-corrected chi connectivity index (χ2v) is 7.54. The number of aliphatic hydroxyl groups is 1. The Morgan fingerprint density at radius 1 is 1.35 bits per heavy atom. The molecule has 0 aliphatic heterocycles. The zero-order valence-electron chi connectivity index (χ0n) is 11.5. The van der Waals surface area contributed by atoms with Crippen LogP contribution in [0.3, 0.4) is 0 Å². The van der Waals surface area contributed by atoms with Gasteiger partial charge < -0.3 is 9.67 Å². The maximum absolute atomic E-state index is 10.3. The van der Waals surface area contributed by atoms with Gasteiger partial charge in [0, 0.05) is 26.9 Å². The molecule has 1 heterocycles. The Labute approximate surface area is 132 Å². The summed E-state index contributed by atoms with van der Waals surface area (Å²) in [6.45, 7) is 4.40. The summed E-state index contributed by atoms with van der Waals surface area (Å²) in [5, 5.41) is 11.0. The van der Waals surface area contributed by atoms with Gasteiger partial charge in [0.25, 0.3) is 0 Å². The molecule has 2 aromatic rings. The van der Waals surface area contributed by atoms with Crippen LogP contribution in [0.4, 0.5) is 0 Å². The molecule has 3 rings (SSSR count). The van der Waals surface area contributed by atoms with E-state index in [4.69, 9.17) is 11.6 Å². The number of nitrogens with zero attached hydrogens (tertiary/aromatic N) is 1. The van der Waals surface area contributed by atoms with Crippen molar-refractivity contribution in [3.8, 4) is 5.69 Å². The van der Waals surface area contributed by atoms with Gasteiger partial charge in [-0.2, -0.15) is 0 Å². The van der Waals surface area contributed by atoms with E-state index in [-0.39, 0.29) is 11.5 Å². The molecule has 1 unspecified atom stereocenters. The van der Waals surface area contributed by atoms with Crippen LogP contribution in [-0.2, 0) is 6.42 Å². The highest BCUT2D eigenvalue weighted by atomic mass is 79.9. The standard InChI is InChI=1S/C16H17BrClNO/c1-16(2)8-14-11(15(20)9-16)5-6-19(14)13-4-3-10(18)7-12(13)17/h3-7,15,20H,8-9H2,1-2H3. The molecule has 2 nitrogen and oxygen atoms in total. The molecule has 20 heavy (non-hydrogen) atoms. The molecule has 0 bridgehead atoms. The fourth-order valence-corrected chi connectivity index (χ4v) is 3.91. The van der Waals surface area contributed by atoms with Gasteiger partial charge in [0.15, 0.2) is 0 Å². The van der Waals surface area contributed by atoms with Gasteiger partial charge in [-0.1, -0.05) is 25.4 Å². The van der Waals surface area contributed by atoms with E-state index in [1.54, 1.807) is 0 Å². The van der Waals surface area contributed by atoms with Crippen molar-refractivity contribution in [2.24, 2.45) is 5.41 Å². The van der Waals surface area contributed by atoms with Crippen molar-refractivity contribution in [2.45, 2.75) is 32.8 Å². The van der Waals surface area contributed by atoms with Gasteiger partial charge in [-0.25, -0.2) is 0 Å². The molecule has 1 atom stereocenters. The fraction of sp³-hybridized carbons (Fsp3) is 0.375. The second-order valence-electron chi connectivity index (χ2n) is 6.24. The van der Waals surface area contributed by atoms with E-state index < -0.39 is 0 Å². The van der Waals surface area contributed by atoms with Crippen molar-refractivity contribution in [1.82, 2.24) is 4.57 Å². The maximum atomic E-state index is 10.3. The number of rotatable bonds is 1. The zero-order valence-corrected chi connectivity index (χ0v) is 13.9. The molecule has 0 amide bonds. The molecular formula is C16H17BrClNO. The number of aromatic nitrogens is 1. The highest BCUT2D eigenvalue weighted by Gasteiger charge is 2.33. The first-order chi connectivity index (χ1) is 9.37. The van der Waals surface area contributed by atoms with E-state index in [1.165, 1.54) is 5.69 Å². The van der Waals surface area contributed by atoms with Gasteiger partial charge in [0.2, 0.25) is 0 Å². The van der Waals surface area contributed by atoms with Gasteiger partial charge in [0.1, 0.15) is 0 Å². The van der Waals surface area contributed by atoms with Gasteiger partial charge in [-0.15, -0.1) is 0 Å². The lowest BCUT2D eigenvalue weighted by Gasteiger charge is -2.34. The summed E-state index contributed by atoms with van der Waals surface area (Å²) in [5.41, 5.74) is 3.41. The van der Waals surface area contributed by atoms with Crippen molar-refractivity contribution < 1.29 is 5.11 Å². The van der Waals surface area contributed by atoms with Crippen molar-refractivity contribution in [3.63, 3.8) is 0 Å². The minimum Gasteiger partial charge on any atom is -0.388 e. The van der Waals surface area contributed by atoms with Crippen molar-refractivity contribution in [2.75, 3.05) is 0 Å². The van der Waals surface area contributed by atoms with Crippen molar-refractivity contribution >= 4 is 27.5 Å². The summed E-state index contributed by atoms with van der Waals surface area (Å²) in [5.74, 6) is 0. The van der Waals surface area contributed by atoms with Crippen molar-refractivity contribution in [3.05, 3.63) is 51.2 Å². The van der Waals surface area contributed by atoms with Crippen LogP contribution in [0, 0.1) is 5.41 Å². The summed E-state index contributed by atoms with van der Waals surface area (Å²) >= 11 is 9.58. The Morgan fingerprint density at radius 3 is 2.80 bits per heavy atom. The van der Waals surface area contributed by atoms with E-state index in [2.05, 4.69) is 34.3 Å². The Hall–Kier alpha value is -0.770. The Kier molecular flexibility index (Phi) is 3.47. The molecule has 0 spiro atoms. The van der Waals surface area contributed by atoms with Gasteiger partial charge >= 0.3 is 0 Å². The lowest BCUT2D eigenvalue weighted by atomic mass is 9.75. The largest absolute Gasteiger partial charge is 0.388 e. The van der Waals surface area contributed by atoms with E-state index in [0.717, 1.165) is 28.6 Å². The van der Waals surface area contributed by atoms with E-state index in [1.807, 2.05) is 30.5 Å². The van der Waals surface area contributed by atoms with Crippen LogP contribution in [0.5, 0.6) is 0 Å². The molecule has 0 saturated heterocycles. The monoisotopic (exact) mass is 353 g/mol. The van der Waals surface area contributed by atoms with Crippen LogP contribution in [0.1, 0.15) is 37.6 Å². The van der Waals surface area contributed by atoms with Crippen LogP contribution in [0.15, 0.2) is 34.9 Å². The minimum atomic E-state index is -0.374. The molecule has 1 aromatic carbocycles. The van der Waals surface area contributed by atoms with Crippen molar-refractivity contribution in [1.29, 1.82) is 0 Å². The van der Waals surface area contributed by atoms with E-state index in [0.29, 0.717) is 5.02 Å². The van der Waals surface area contributed by atoms with Gasteiger partial charge in [-0.3, -0.25) is 0 Å². The third-order valence-electron chi connectivity index (χ3n) is 3.95. The van der Waals surface area contributed by atoms with Crippen LogP contribution in [0.25, 0.3) is 5.69 Å². The van der Waals surface area contributed by atoms with Crippen LogP contribution >= 0.6 is 27.5 Å². The van der Waals surface area contributed by atoms with Gasteiger partial charge in [0.05, 0.1) is 11.8 Å². The number of fused-ring (bicyclic) bond motifs is 1. The predicted octanol–water partition coefficient (Wildman–Crippen LogP) is 4.90. The quantitative estimate of drug-likeness (QED) is 0.774. The maximum Gasteiger partial charge on any atom is 0.0812 e. The number of halogens is 2. The van der Waals surface area contributed by atoms with Crippen LogP contribution < -0.4 is 0 Å². The molecule has 1 N–H and O–H groups in total. The summed E-state index contributed by atoms with van der Waals surface area (Å²) in [7, 11) is 0. The smallest absolute Gasteiger partial charge is 0.0812 e. The average Bonchev–Trinajstić information content (AvgIpc) is 2.71. The second kappa shape index (κ2) is 4.90. The SMILES string of the molecule is CC1(C)Cc2c(ccn2-c2ccc(Cl)cc2Br)C(O)C1. The first-order valence-electron chi connectivity index (χ1n) is 6.71. The molecule has 1 aliphatic carbocycles. The fourth-order valence-electron chi connectivity index (χ4n) is 3.03. The van der Waals surface area contributed by atoms with Crippen LogP contribution in [0.2, 0.25) is 5.02 Å². The average molecular weight is 355 g/mol. The third-order valence-corrected chi connectivity index (χ3v) is 4.82. The molecule has 4 heteroatoms. The Bertz CT molecular complexity index is 662. The van der Waals surface area contributed by atoms with Gasteiger partial charge in [-0.05, 0) is 58.5 Å². The lowest BCUT2D eigenvalue weighted by Crippen LogP contribution is -2.26. The molecule has 106 valence electrons. The Morgan fingerprint density at radius 2 is 2.10 bits per heavy atom. The molecule has 0 fully saturated rings. The molecular weight excluding hydrogens is 338 g/mol. The normalized spacial score (nSPS) is 20.8. The first-order valence-corrected chi connectivity index (χ1v) is 7.88. The number of hydrogen-bond donors (Lipinski definition) is 1. The van der Waals surface area contributed by atoms with E-state index >= 15 is 0 Å². The first kappa shape index (κ1) is 14.2.